The van der Waals surface area contributed by atoms with Gasteiger partial charge in [0.25, 0.3) is 5.92 Å². The number of alkyl halides is 5. The van der Waals surface area contributed by atoms with E-state index in [0.717, 1.165) is 23.3 Å². The van der Waals surface area contributed by atoms with Crippen molar-refractivity contribution >= 4 is 17.2 Å². The summed E-state index contributed by atoms with van der Waals surface area (Å²) < 4.78 is 70.6. The molecule has 2 aromatic carbocycles. The zero-order valence-electron chi connectivity index (χ0n) is 22.2. The van der Waals surface area contributed by atoms with Crippen molar-refractivity contribution in [1.82, 2.24) is 19.3 Å². The average Bonchev–Trinajstić information content (AvgIpc) is 3.35. The van der Waals surface area contributed by atoms with Crippen LogP contribution in [0.4, 0.5) is 27.8 Å². The van der Waals surface area contributed by atoms with Crippen LogP contribution < -0.4 is 5.73 Å². The van der Waals surface area contributed by atoms with E-state index in [0.29, 0.717) is 29.0 Å². The Bertz CT molecular complexity index is 1610. The van der Waals surface area contributed by atoms with Gasteiger partial charge in [0.05, 0.1) is 11.6 Å². The smallest absolute Gasteiger partial charge is 0.382 e. The van der Waals surface area contributed by atoms with E-state index in [1.165, 1.54) is 11.0 Å². The lowest BCUT2D eigenvalue weighted by atomic mass is 9.84. The third kappa shape index (κ3) is 4.81. The summed E-state index contributed by atoms with van der Waals surface area (Å²) in [6, 6.07) is 11.6. The Hall–Kier alpha value is -4.02. The van der Waals surface area contributed by atoms with Gasteiger partial charge in [-0.1, -0.05) is 49.4 Å². The lowest BCUT2D eigenvalue weighted by Crippen LogP contribution is -2.58. The Morgan fingerprint density at radius 2 is 1.83 bits per heavy atom. The third-order valence-electron chi connectivity index (χ3n) is 8.44. The van der Waals surface area contributed by atoms with Crippen LogP contribution in [-0.2, 0) is 11.0 Å². The molecule has 0 spiro atoms. The van der Waals surface area contributed by atoms with Gasteiger partial charge in [0.15, 0.2) is 0 Å². The third-order valence-corrected chi connectivity index (χ3v) is 8.44. The number of aromatic nitrogens is 3. The number of nitrogen functional groups attached to an aromatic ring is 1. The summed E-state index contributed by atoms with van der Waals surface area (Å²) in [5, 5.41) is 0. The standard InChI is InChI=1S/C30H28F5N5O/c1-17(20-3-2-4-22(15-20)30(33,34)35)18-5-7-19(8-6-18)25-26-27(36)37-13-14-39(26)28(38-25)21-9-10-23-29(31,32)12-11-24(41)40(23)16-21/h2-8,13-15,17,21,23H,9-12,16H2,1H3,(H2,36,37)/t17-,21+,23+/m0/s1. The number of carbonyl (C=O) groups excluding carboxylic acids is 1. The van der Waals surface area contributed by atoms with Crippen molar-refractivity contribution in [3.63, 3.8) is 0 Å². The number of piperidine rings is 2. The number of nitrogens with zero attached hydrogens (tertiary/aromatic N) is 4. The van der Waals surface area contributed by atoms with Gasteiger partial charge in [-0.25, -0.2) is 18.7 Å². The number of fused-ring (bicyclic) bond motifs is 2. The molecule has 4 heterocycles. The van der Waals surface area contributed by atoms with E-state index in [1.807, 2.05) is 35.6 Å². The van der Waals surface area contributed by atoms with Gasteiger partial charge in [-0.15, -0.1) is 0 Å². The van der Waals surface area contributed by atoms with Crippen molar-refractivity contribution in [2.45, 2.75) is 62.6 Å². The van der Waals surface area contributed by atoms with Crippen LogP contribution in [0, 0.1) is 0 Å². The second-order valence-electron chi connectivity index (χ2n) is 10.9. The highest BCUT2D eigenvalue weighted by Gasteiger charge is 2.51. The van der Waals surface area contributed by atoms with Gasteiger partial charge in [-0.05, 0) is 30.0 Å². The van der Waals surface area contributed by atoms with Crippen LogP contribution in [0.1, 0.15) is 67.0 Å². The molecule has 11 heteroatoms. The zero-order chi connectivity index (χ0) is 29.1. The Balaban J connectivity index is 1.33. The molecule has 4 aromatic rings. The summed E-state index contributed by atoms with van der Waals surface area (Å²) in [4.78, 5) is 23.0. The quantitative estimate of drug-likeness (QED) is 0.279. The first kappa shape index (κ1) is 27.2. The highest BCUT2D eigenvalue weighted by atomic mass is 19.4. The number of carbonyl (C=O) groups is 1. The van der Waals surface area contributed by atoms with Crippen molar-refractivity contribution in [2.24, 2.45) is 0 Å². The van der Waals surface area contributed by atoms with E-state index in [4.69, 9.17) is 10.7 Å². The molecule has 2 aliphatic rings. The minimum absolute atomic E-state index is 0.146. The fourth-order valence-corrected chi connectivity index (χ4v) is 6.16. The van der Waals surface area contributed by atoms with E-state index in [1.54, 1.807) is 18.5 Å². The molecule has 2 N–H and O–H groups in total. The van der Waals surface area contributed by atoms with E-state index >= 15 is 0 Å². The van der Waals surface area contributed by atoms with Crippen LogP contribution in [0.3, 0.4) is 0 Å². The summed E-state index contributed by atoms with van der Waals surface area (Å²) in [6.45, 7) is 1.99. The maximum atomic E-state index is 14.6. The predicted octanol–water partition coefficient (Wildman–Crippen LogP) is 6.65. The number of hydrogen-bond acceptors (Lipinski definition) is 4. The van der Waals surface area contributed by atoms with Gasteiger partial charge in [-0.2, -0.15) is 13.2 Å². The van der Waals surface area contributed by atoms with E-state index in [-0.39, 0.29) is 42.9 Å². The number of imidazole rings is 1. The lowest BCUT2D eigenvalue weighted by molar-refractivity contribution is -0.166. The van der Waals surface area contributed by atoms with Crippen LogP contribution in [0.5, 0.6) is 0 Å². The summed E-state index contributed by atoms with van der Waals surface area (Å²) in [6.07, 6.45) is -1.13. The molecule has 2 fully saturated rings. The van der Waals surface area contributed by atoms with Gasteiger partial charge >= 0.3 is 6.18 Å². The van der Waals surface area contributed by atoms with Crippen molar-refractivity contribution < 1.29 is 26.7 Å². The Morgan fingerprint density at radius 3 is 2.56 bits per heavy atom. The topological polar surface area (TPSA) is 76.5 Å². The largest absolute Gasteiger partial charge is 0.416 e. The Morgan fingerprint density at radius 1 is 1.07 bits per heavy atom. The molecule has 0 aliphatic carbocycles. The van der Waals surface area contributed by atoms with Gasteiger partial charge in [0, 0.05) is 49.2 Å². The summed E-state index contributed by atoms with van der Waals surface area (Å²) in [5.41, 5.74) is 8.80. The zero-order valence-corrected chi connectivity index (χ0v) is 22.2. The van der Waals surface area contributed by atoms with Gasteiger partial charge in [-0.3, -0.25) is 9.20 Å². The molecule has 41 heavy (non-hydrogen) atoms. The molecule has 214 valence electrons. The molecule has 1 amide bonds. The SMILES string of the molecule is C[C@@H](c1ccc(-c2nc([C@@H]3CC[C@H]4N(C3)C(=O)CCC4(F)F)n3ccnc(N)c23)cc1)c1cccc(C(F)(F)F)c1. The molecule has 0 bridgehead atoms. The average molecular weight is 570 g/mol. The number of amides is 1. The van der Waals surface area contributed by atoms with Gasteiger partial charge in [0.2, 0.25) is 5.91 Å². The van der Waals surface area contributed by atoms with Crippen LogP contribution in [0.15, 0.2) is 60.9 Å². The van der Waals surface area contributed by atoms with Crippen LogP contribution in [0.25, 0.3) is 16.8 Å². The molecule has 3 atom stereocenters. The number of anilines is 1. The number of nitrogens with two attached hydrogens (primary N) is 1. The molecule has 6 nitrogen and oxygen atoms in total. The maximum Gasteiger partial charge on any atom is 0.416 e. The molecule has 2 aromatic heterocycles. The van der Waals surface area contributed by atoms with Crippen LogP contribution in [0.2, 0.25) is 0 Å². The van der Waals surface area contributed by atoms with E-state index in [2.05, 4.69) is 4.98 Å². The number of benzene rings is 2. The minimum Gasteiger partial charge on any atom is -0.382 e. The maximum absolute atomic E-state index is 14.6. The second-order valence-corrected chi connectivity index (χ2v) is 10.9. The molecular weight excluding hydrogens is 541 g/mol. The molecular formula is C30H28F5N5O. The first-order valence-corrected chi connectivity index (χ1v) is 13.5. The summed E-state index contributed by atoms with van der Waals surface area (Å²) >= 11 is 0. The second kappa shape index (κ2) is 9.81. The molecule has 6 rings (SSSR count). The fraction of sp³-hybridized carbons (Fsp3) is 0.367. The fourth-order valence-electron chi connectivity index (χ4n) is 6.16. The van der Waals surface area contributed by atoms with E-state index < -0.39 is 30.1 Å². The van der Waals surface area contributed by atoms with Crippen molar-refractivity contribution in [3.8, 4) is 11.3 Å². The highest BCUT2D eigenvalue weighted by molar-refractivity contribution is 5.85. The van der Waals surface area contributed by atoms with E-state index in [9.17, 15) is 26.7 Å². The summed E-state index contributed by atoms with van der Waals surface area (Å²) in [7, 11) is 0. The summed E-state index contributed by atoms with van der Waals surface area (Å²) in [5.74, 6) is -2.86. The molecule has 2 aliphatic heterocycles. The number of hydrogen-bond donors (Lipinski definition) is 1. The first-order valence-electron chi connectivity index (χ1n) is 13.5. The molecule has 0 radical (unpaired) electrons. The first-order chi connectivity index (χ1) is 19.4. The number of rotatable bonds is 4. The predicted molar refractivity (Wildman–Crippen MR) is 143 cm³/mol. The van der Waals surface area contributed by atoms with Crippen molar-refractivity contribution in [1.29, 1.82) is 0 Å². The Labute approximate surface area is 233 Å². The monoisotopic (exact) mass is 569 g/mol. The van der Waals surface area contributed by atoms with Crippen molar-refractivity contribution in [3.05, 3.63) is 83.4 Å². The molecule has 0 unspecified atom stereocenters. The van der Waals surface area contributed by atoms with Gasteiger partial charge in [0.1, 0.15) is 22.9 Å². The molecule has 2 saturated heterocycles. The van der Waals surface area contributed by atoms with Crippen molar-refractivity contribution in [2.75, 3.05) is 12.3 Å². The molecule has 0 saturated carbocycles. The highest BCUT2D eigenvalue weighted by Crippen LogP contribution is 2.43. The lowest BCUT2D eigenvalue weighted by Gasteiger charge is -2.45. The number of halogens is 5. The normalized spacial score (nSPS) is 21.6. The minimum atomic E-state index is -4.42. The van der Waals surface area contributed by atoms with Crippen LogP contribution in [-0.4, -0.2) is 43.7 Å². The Kier molecular flexibility index (Phi) is 6.50. The van der Waals surface area contributed by atoms with Gasteiger partial charge < -0.3 is 10.6 Å². The van der Waals surface area contributed by atoms with Crippen LogP contribution >= 0.6 is 0 Å².